The zero-order valence-electron chi connectivity index (χ0n) is 12.2. The maximum Gasteiger partial charge on any atom is 0.306 e. The van der Waals surface area contributed by atoms with E-state index < -0.39 is 12.1 Å². The van der Waals surface area contributed by atoms with E-state index in [0.29, 0.717) is 11.6 Å². The van der Waals surface area contributed by atoms with E-state index in [1.54, 1.807) is 30.9 Å². The first-order chi connectivity index (χ1) is 10.5. The van der Waals surface area contributed by atoms with Crippen molar-refractivity contribution in [3.05, 3.63) is 53.6 Å². The predicted molar refractivity (Wildman–Crippen MR) is 82.4 cm³/mol. The third kappa shape index (κ3) is 5.00. The lowest BCUT2D eigenvalue weighted by atomic mass is 10.1. The third-order valence-corrected chi connectivity index (χ3v) is 3.38. The number of carbonyl (C=O) groups is 2. The highest BCUT2D eigenvalue weighted by Crippen LogP contribution is 2.22. The molecule has 0 saturated carbocycles. The minimum absolute atomic E-state index is 0.0328. The van der Waals surface area contributed by atoms with E-state index in [-0.39, 0.29) is 18.6 Å². The number of ether oxygens (including phenoxy) is 1. The van der Waals surface area contributed by atoms with Gasteiger partial charge >= 0.3 is 5.97 Å². The summed E-state index contributed by atoms with van der Waals surface area (Å²) in [5, 5.41) is 0.619. The number of halogens is 1. The highest BCUT2D eigenvalue weighted by molar-refractivity contribution is 6.30. The van der Waals surface area contributed by atoms with Crippen molar-refractivity contribution in [2.45, 2.75) is 32.4 Å². The molecular formula is C16H17ClN2O3. The maximum atomic E-state index is 11.9. The van der Waals surface area contributed by atoms with E-state index in [4.69, 9.17) is 16.3 Å². The number of Topliss-reactive ketones (excluding diaryl/α,β-unsaturated/α-hetero) is 1. The summed E-state index contributed by atoms with van der Waals surface area (Å²) >= 11 is 5.89. The van der Waals surface area contributed by atoms with Gasteiger partial charge in [-0.2, -0.15) is 0 Å². The Labute approximate surface area is 133 Å². The van der Waals surface area contributed by atoms with Crippen molar-refractivity contribution in [3.63, 3.8) is 0 Å². The van der Waals surface area contributed by atoms with Gasteiger partial charge in [-0.25, -0.2) is 4.98 Å². The number of esters is 1. The number of hydrogen-bond acceptors (Lipinski definition) is 4. The normalized spacial score (nSPS) is 11.9. The molecule has 0 bridgehead atoms. The van der Waals surface area contributed by atoms with E-state index in [1.807, 2.05) is 16.7 Å². The number of carbonyl (C=O) groups excluding carboxylic acids is 2. The lowest BCUT2D eigenvalue weighted by Crippen LogP contribution is -2.17. The van der Waals surface area contributed by atoms with Gasteiger partial charge in [-0.1, -0.05) is 23.7 Å². The fourth-order valence-electron chi connectivity index (χ4n) is 1.97. The summed E-state index contributed by atoms with van der Waals surface area (Å²) in [6, 6.07) is 7.15. The van der Waals surface area contributed by atoms with Crippen LogP contribution < -0.4 is 0 Å². The summed E-state index contributed by atoms with van der Waals surface area (Å²) in [7, 11) is 0. The smallest absolute Gasteiger partial charge is 0.306 e. The van der Waals surface area contributed by atoms with Crippen LogP contribution in [0.15, 0.2) is 43.0 Å². The Balaban J connectivity index is 2.09. The molecule has 1 unspecified atom stereocenters. The molecule has 0 radical (unpaired) electrons. The standard InChI is InChI=1S/C16H17ClN2O3/c1-12(20)2-7-16(21)22-15(10-19-9-8-18-11-19)13-3-5-14(17)6-4-13/h3-6,8-9,11,15H,2,7,10H2,1H3. The Bertz CT molecular complexity index is 623. The summed E-state index contributed by atoms with van der Waals surface area (Å²) in [6.07, 6.45) is 4.95. The molecule has 1 aromatic carbocycles. The number of hydrogen-bond donors (Lipinski definition) is 0. The lowest BCUT2D eigenvalue weighted by molar-refractivity contribution is -0.151. The summed E-state index contributed by atoms with van der Waals surface area (Å²) in [5.74, 6) is -0.426. The quantitative estimate of drug-likeness (QED) is 0.735. The topological polar surface area (TPSA) is 61.2 Å². The molecule has 0 amide bonds. The molecule has 0 aliphatic carbocycles. The zero-order valence-corrected chi connectivity index (χ0v) is 13.0. The Morgan fingerprint density at radius 1 is 1.27 bits per heavy atom. The van der Waals surface area contributed by atoms with Gasteiger partial charge in [0.15, 0.2) is 0 Å². The van der Waals surface area contributed by atoms with Crippen LogP contribution in [0, 0.1) is 0 Å². The molecule has 0 aliphatic rings. The molecule has 0 fully saturated rings. The summed E-state index contributed by atoms with van der Waals surface area (Å²) in [5.41, 5.74) is 0.842. The molecule has 5 nitrogen and oxygen atoms in total. The van der Waals surface area contributed by atoms with Gasteiger partial charge in [-0.05, 0) is 24.6 Å². The molecule has 0 N–H and O–H groups in total. The van der Waals surface area contributed by atoms with Gasteiger partial charge in [-0.15, -0.1) is 0 Å². The number of nitrogens with zero attached hydrogens (tertiary/aromatic N) is 2. The van der Waals surface area contributed by atoms with E-state index in [0.717, 1.165) is 5.56 Å². The number of benzene rings is 1. The van der Waals surface area contributed by atoms with Crippen LogP contribution in [0.4, 0.5) is 0 Å². The first-order valence-electron chi connectivity index (χ1n) is 6.94. The molecule has 2 rings (SSSR count). The fourth-order valence-corrected chi connectivity index (χ4v) is 2.10. The second-order valence-corrected chi connectivity index (χ2v) is 5.43. The van der Waals surface area contributed by atoms with Crippen LogP contribution in [0.3, 0.4) is 0 Å². The molecule has 1 heterocycles. The third-order valence-electron chi connectivity index (χ3n) is 3.13. The van der Waals surface area contributed by atoms with E-state index in [2.05, 4.69) is 4.98 Å². The van der Waals surface area contributed by atoms with Crippen molar-refractivity contribution in [2.75, 3.05) is 0 Å². The first kappa shape index (κ1) is 16.2. The molecule has 1 aromatic heterocycles. The van der Waals surface area contributed by atoms with E-state index in [1.165, 1.54) is 6.92 Å². The second kappa shape index (κ2) is 7.75. The van der Waals surface area contributed by atoms with Crippen molar-refractivity contribution >= 4 is 23.4 Å². The van der Waals surface area contributed by atoms with Crippen LogP contribution in [0.25, 0.3) is 0 Å². The Morgan fingerprint density at radius 3 is 2.59 bits per heavy atom. The molecule has 116 valence electrons. The zero-order chi connectivity index (χ0) is 15.9. The van der Waals surface area contributed by atoms with Crippen molar-refractivity contribution in [2.24, 2.45) is 0 Å². The van der Waals surface area contributed by atoms with Crippen LogP contribution in [0.5, 0.6) is 0 Å². The highest BCUT2D eigenvalue weighted by atomic mass is 35.5. The summed E-state index contributed by atoms with van der Waals surface area (Å²) < 4.78 is 7.35. The minimum atomic E-state index is -0.453. The molecule has 22 heavy (non-hydrogen) atoms. The number of aromatic nitrogens is 2. The van der Waals surface area contributed by atoms with Crippen LogP contribution in [0.1, 0.15) is 31.4 Å². The molecule has 2 aromatic rings. The van der Waals surface area contributed by atoms with Gasteiger partial charge in [0.25, 0.3) is 0 Å². The largest absolute Gasteiger partial charge is 0.456 e. The molecule has 0 spiro atoms. The average Bonchev–Trinajstić information content (AvgIpc) is 2.98. The van der Waals surface area contributed by atoms with E-state index in [9.17, 15) is 9.59 Å². The Kier molecular flexibility index (Phi) is 5.72. The Hall–Kier alpha value is -2.14. The fraction of sp³-hybridized carbons (Fsp3) is 0.312. The second-order valence-electron chi connectivity index (χ2n) is 4.99. The average molecular weight is 321 g/mol. The van der Waals surface area contributed by atoms with Gasteiger partial charge in [0.05, 0.1) is 19.3 Å². The van der Waals surface area contributed by atoms with Crippen molar-refractivity contribution < 1.29 is 14.3 Å². The van der Waals surface area contributed by atoms with Crippen LogP contribution in [0.2, 0.25) is 5.02 Å². The van der Waals surface area contributed by atoms with Gasteiger partial charge in [0.1, 0.15) is 11.9 Å². The predicted octanol–water partition coefficient (Wildman–Crippen LogP) is 3.19. The summed E-state index contributed by atoms with van der Waals surface area (Å²) in [6.45, 7) is 1.91. The molecular weight excluding hydrogens is 304 g/mol. The number of rotatable bonds is 7. The molecule has 6 heteroatoms. The molecule has 0 aliphatic heterocycles. The van der Waals surface area contributed by atoms with Crippen LogP contribution in [-0.4, -0.2) is 21.3 Å². The van der Waals surface area contributed by atoms with E-state index >= 15 is 0 Å². The lowest BCUT2D eigenvalue weighted by Gasteiger charge is -2.19. The molecule has 0 saturated heterocycles. The number of imidazole rings is 1. The maximum absolute atomic E-state index is 11.9. The van der Waals surface area contributed by atoms with Gasteiger partial charge in [0, 0.05) is 23.8 Å². The van der Waals surface area contributed by atoms with Gasteiger partial charge in [-0.3, -0.25) is 4.79 Å². The monoisotopic (exact) mass is 320 g/mol. The summed E-state index contributed by atoms with van der Waals surface area (Å²) in [4.78, 5) is 26.8. The Morgan fingerprint density at radius 2 is 2.00 bits per heavy atom. The van der Waals surface area contributed by atoms with Crippen LogP contribution in [-0.2, 0) is 20.9 Å². The van der Waals surface area contributed by atoms with Crippen molar-refractivity contribution in [1.29, 1.82) is 0 Å². The van der Waals surface area contributed by atoms with Gasteiger partial charge < -0.3 is 14.1 Å². The van der Waals surface area contributed by atoms with Crippen molar-refractivity contribution in [3.8, 4) is 0 Å². The SMILES string of the molecule is CC(=O)CCC(=O)OC(Cn1ccnc1)c1ccc(Cl)cc1. The van der Waals surface area contributed by atoms with Gasteiger partial charge in [0.2, 0.25) is 0 Å². The highest BCUT2D eigenvalue weighted by Gasteiger charge is 2.18. The minimum Gasteiger partial charge on any atom is -0.456 e. The first-order valence-corrected chi connectivity index (χ1v) is 7.32. The van der Waals surface area contributed by atoms with Crippen molar-refractivity contribution in [1.82, 2.24) is 9.55 Å². The molecule has 1 atom stereocenters. The van der Waals surface area contributed by atoms with Crippen LogP contribution >= 0.6 is 11.6 Å². The number of ketones is 1.